The summed E-state index contributed by atoms with van der Waals surface area (Å²) >= 11 is -2.00. The van der Waals surface area contributed by atoms with Gasteiger partial charge in [-0.15, -0.1) is 0 Å². The third kappa shape index (κ3) is 535. The summed E-state index contributed by atoms with van der Waals surface area (Å²) in [7, 11) is 0. The molecule has 0 unspecified atom stereocenters. The van der Waals surface area contributed by atoms with E-state index in [1.165, 1.54) is 0 Å². The second kappa shape index (κ2) is 1.12. The molecule has 0 heterocycles. The number of hydrogen-bond donors (Lipinski definition) is 0. The van der Waals surface area contributed by atoms with Gasteiger partial charge in [-0.2, -0.15) is 0 Å². The van der Waals surface area contributed by atoms with Gasteiger partial charge in [0.1, 0.15) is 0 Å². The van der Waals surface area contributed by atoms with Crippen LogP contribution in [0.2, 0.25) is 0 Å². The Morgan fingerprint density at radius 1 is 0.800 bits per heavy atom. The van der Waals surface area contributed by atoms with Crippen LogP contribution in [0.1, 0.15) is 0 Å². The monoisotopic (exact) mass is 104 g/mol. The molecule has 0 atom stereocenters. The molecule has 0 saturated carbocycles. The van der Waals surface area contributed by atoms with Crippen molar-refractivity contribution in [2.75, 3.05) is 0 Å². The van der Waals surface area contributed by atoms with Gasteiger partial charge in [0.05, 0.1) is 0 Å². The minimum atomic E-state index is -2.00. The summed E-state index contributed by atoms with van der Waals surface area (Å²) in [5, 5.41) is 0. The Labute approximate surface area is 34.4 Å². The molecule has 0 bridgehead atoms. The van der Waals surface area contributed by atoms with Crippen LogP contribution in [0, 0.1) is 0 Å². The van der Waals surface area contributed by atoms with Gasteiger partial charge in [-0.05, 0) is 0 Å². The maximum atomic E-state index is 3.62. The molecule has 5 heavy (non-hydrogen) atoms. The van der Waals surface area contributed by atoms with Gasteiger partial charge in [0.2, 0.25) is 0 Å². The van der Waals surface area contributed by atoms with Crippen molar-refractivity contribution < 1.29 is 14.7 Å². The van der Waals surface area contributed by atoms with Gasteiger partial charge in [0.25, 0.3) is 0 Å². The first-order valence-corrected chi connectivity index (χ1v) is 5.83. The molecule has 0 aliphatic carbocycles. The Morgan fingerprint density at radius 2 is 0.800 bits per heavy atom. The molecule has 0 saturated heterocycles. The van der Waals surface area contributed by atoms with Gasteiger partial charge >= 0.3 is 34.0 Å². The summed E-state index contributed by atoms with van der Waals surface area (Å²) in [4.78, 5) is 14.5. The van der Waals surface area contributed by atoms with Crippen LogP contribution in [0.3, 0.4) is 0 Å². The Hall–Kier alpha value is 0.194. The topological polar surface area (TPSA) is 0 Å². The molecule has 0 radical (unpaired) electrons. The molecule has 0 spiro atoms. The van der Waals surface area contributed by atoms with Crippen molar-refractivity contribution in [3.63, 3.8) is 0 Å². The quantitative estimate of drug-likeness (QED) is 0.375. The summed E-state index contributed by atoms with van der Waals surface area (Å²) in [6.07, 6.45) is 0. The van der Waals surface area contributed by atoms with Crippen molar-refractivity contribution >= 4 is 19.3 Å². The van der Waals surface area contributed by atoms with Crippen LogP contribution >= 0.6 is 0 Å². The van der Waals surface area contributed by atoms with Gasteiger partial charge < -0.3 is 0 Å². The Balaban J connectivity index is 6.05. The zero-order valence-electron chi connectivity index (χ0n) is 3.33. The van der Waals surface area contributed by atoms with Crippen LogP contribution in [0.15, 0.2) is 0 Å². The summed E-state index contributed by atoms with van der Waals surface area (Å²) < 4.78 is 0. The zero-order valence-corrected chi connectivity index (χ0v) is 4.89. The predicted octanol–water partition coefficient (Wildman–Crippen LogP) is -0.132. The van der Waals surface area contributed by atoms with Gasteiger partial charge in [-0.3, -0.25) is 0 Å². The third-order valence-corrected chi connectivity index (χ3v) is 0. The zero-order chi connectivity index (χ0) is 4.50. The van der Waals surface area contributed by atoms with Gasteiger partial charge in [-0.1, -0.05) is 0 Å². The van der Waals surface area contributed by atoms with Crippen molar-refractivity contribution in [1.29, 1.82) is 0 Å². The molecule has 0 nitrogen and oxygen atoms in total. The average molecular weight is 104 g/mol. The molecule has 0 aromatic carbocycles. The van der Waals surface area contributed by atoms with Crippen LogP contribution in [0.5, 0.6) is 0 Å². The molecule has 28 valence electrons. The molecule has 0 rings (SSSR count). The van der Waals surface area contributed by atoms with Crippen LogP contribution in [0.25, 0.3) is 0 Å². The van der Waals surface area contributed by atoms with E-state index in [1.807, 2.05) is 0 Å². The normalized spacial score (nSPS) is 4.80. The van der Waals surface area contributed by atoms with E-state index in [0.717, 1.165) is 0 Å². The van der Waals surface area contributed by atoms with E-state index in [4.69, 9.17) is 0 Å². The van der Waals surface area contributed by atoms with Crippen LogP contribution < -0.4 is 0 Å². The molecular formula is C4H8Ti. The number of hydrogen-bond acceptors (Lipinski definition) is 0. The molecule has 0 aromatic heterocycles. The van der Waals surface area contributed by atoms with Crippen LogP contribution in [0.4, 0.5) is 0 Å². The third-order valence-electron chi connectivity index (χ3n) is 0. The van der Waals surface area contributed by atoms with Gasteiger partial charge in [0.15, 0.2) is 0 Å². The summed E-state index contributed by atoms with van der Waals surface area (Å²) in [5.74, 6) is 0. The van der Waals surface area contributed by atoms with E-state index in [-0.39, 0.29) is 0 Å². The first-order valence-electron chi connectivity index (χ1n) is 1.41. The number of rotatable bonds is 0. The SMILES string of the molecule is [CH2]=[Ti](=[CH2])(=[CH2])=[CH2]. The molecule has 0 aliphatic rings. The molecule has 0 N–H and O–H groups in total. The Bertz CT molecular complexity index is 155. The summed E-state index contributed by atoms with van der Waals surface area (Å²) in [6, 6.07) is 0. The average Bonchev–Trinajstić information content (AvgIpc) is 0.722. The summed E-state index contributed by atoms with van der Waals surface area (Å²) in [5.41, 5.74) is 0. The minimum absolute atomic E-state index is 2.00. The van der Waals surface area contributed by atoms with Crippen molar-refractivity contribution in [3.05, 3.63) is 0 Å². The van der Waals surface area contributed by atoms with Crippen molar-refractivity contribution in [3.8, 4) is 0 Å². The van der Waals surface area contributed by atoms with Gasteiger partial charge in [0, 0.05) is 0 Å². The van der Waals surface area contributed by atoms with E-state index in [0.29, 0.717) is 0 Å². The Kier molecular flexibility index (Phi) is 1.16. The van der Waals surface area contributed by atoms with Crippen molar-refractivity contribution in [1.82, 2.24) is 0 Å². The summed E-state index contributed by atoms with van der Waals surface area (Å²) in [6.45, 7) is 0. The van der Waals surface area contributed by atoms with E-state index in [9.17, 15) is 0 Å². The first kappa shape index (κ1) is 5.19. The molecule has 0 aliphatic heterocycles. The first-order chi connectivity index (χ1) is 2.00. The van der Waals surface area contributed by atoms with E-state index in [2.05, 4.69) is 19.3 Å². The van der Waals surface area contributed by atoms with Crippen molar-refractivity contribution in [2.24, 2.45) is 0 Å². The van der Waals surface area contributed by atoms with Gasteiger partial charge in [-0.25, -0.2) is 0 Å². The second-order valence-corrected chi connectivity index (χ2v) is 6.18. The van der Waals surface area contributed by atoms with Crippen molar-refractivity contribution in [2.45, 2.75) is 0 Å². The fourth-order valence-electron chi connectivity index (χ4n) is 0. The van der Waals surface area contributed by atoms with E-state index in [1.54, 1.807) is 0 Å². The molecule has 0 aromatic rings. The van der Waals surface area contributed by atoms with Crippen LogP contribution in [-0.4, -0.2) is 19.3 Å². The standard InChI is InChI=1S/4CH2.Ti/h4*1H2;. The molecule has 0 fully saturated rings. The fourth-order valence-corrected chi connectivity index (χ4v) is 0. The second-order valence-electron chi connectivity index (χ2n) is 1.50. The molecule has 1 heteroatoms. The fraction of sp³-hybridized carbons (Fsp3) is 0. The molecular weight excluding hydrogens is 95.9 g/mol. The maximum absolute atomic E-state index is 3.62. The molecule has 0 amide bonds. The van der Waals surface area contributed by atoms with E-state index < -0.39 is 14.7 Å². The predicted molar refractivity (Wildman–Crippen MR) is 28.5 cm³/mol. The van der Waals surface area contributed by atoms with Crippen LogP contribution in [-0.2, 0) is 14.7 Å². The Morgan fingerprint density at radius 3 is 0.800 bits per heavy atom. The van der Waals surface area contributed by atoms with E-state index >= 15 is 0 Å².